The Kier molecular flexibility index (Phi) is 12.6. The van der Waals surface area contributed by atoms with Crippen LogP contribution in [0.3, 0.4) is 0 Å². The third-order valence-corrected chi connectivity index (χ3v) is 4.43. The summed E-state index contributed by atoms with van der Waals surface area (Å²) in [6, 6.07) is -0.0627. The number of nitrogens with zero attached hydrogens (tertiary/aromatic N) is 2. The fourth-order valence-electron chi connectivity index (χ4n) is 2.77. The highest BCUT2D eigenvalue weighted by atomic mass is 35.5. The number of carbonyl (C=O) groups excluding carboxylic acids is 1. The minimum Gasteiger partial charge on any atom is -0.392 e. The molecule has 134 valence electrons. The smallest absolute Gasteiger partial charge is 0.239 e. The van der Waals surface area contributed by atoms with Crippen molar-refractivity contribution in [2.24, 2.45) is 11.7 Å². The summed E-state index contributed by atoms with van der Waals surface area (Å²) in [5, 5.41) is 9.54. The van der Waals surface area contributed by atoms with Gasteiger partial charge in [0.2, 0.25) is 5.91 Å². The number of hydrogen-bond donors (Lipinski definition) is 2. The van der Waals surface area contributed by atoms with Crippen molar-refractivity contribution in [3.8, 4) is 0 Å². The van der Waals surface area contributed by atoms with Gasteiger partial charge in [-0.3, -0.25) is 9.69 Å². The van der Waals surface area contributed by atoms with Crippen LogP contribution >= 0.6 is 24.8 Å². The maximum atomic E-state index is 12.4. The molecule has 0 saturated carbocycles. The normalized spacial score (nSPS) is 23.0. The van der Waals surface area contributed by atoms with Gasteiger partial charge in [0, 0.05) is 32.2 Å². The highest BCUT2D eigenvalue weighted by Crippen LogP contribution is 2.16. The lowest BCUT2D eigenvalue weighted by Crippen LogP contribution is -2.59. The number of rotatable bonds is 6. The molecule has 0 spiro atoms. The van der Waals surface area contributed by atoms with Crippen LogP contribution in [-0.4, -0.2) is 65.2 Å². The van der Waals surface area contributed by atoms with E-state index in [1.165, 1.54) is 0 Å². The molecular formula is C15H33Cl2N3O2. The molecule has 1 aliphatic rings. The molecule has 7 heteroatoms. The predicted octanol–water partition coefficient (Wildman–Crippen LogP) is 1.51. The molecule has 0 aromatic heterocycles. The zero-order valence-electron chi connectivity index (χ0n) is 14.2. The van der Waals surface area contributed by atoms with E-state index < -0.39 is 0 Å². The molecule has 0 radical (unpaired) electrons. The van der Waals surface area contributed by atoms with E-state index in [-0.39, 0.29) is 48.8 Å². The van der Waals surface area contributed by atoms with Gasteiger partial charge in [-0.15, -0.1) is 24.8 Å². The summed E-state index contributed by atoms with van der Waals surface area (Å²) < 4.78 is 0. The first-order valence-electron chi connectivity index (χ1n) is 7.87. The van der Waals surface area contributed by atoms with Gasteiger partial charge in [-0.05, 0) is 19.3 Å². The van der Waals surface area contributed by atoms with E-state index in [4.69, 9.17) is 5.73 Å². The van der Waals surface area contributed by atoms with Crippen LogP contribution in [0.25, 0.3) is 0 Å². The van der Waals surface area contributed by atoms with E-state index in [1.54, 1.807) is 0 Å². The molecule has 22 heavy (non-hydrogen) atoms. The number of aliphatic hydroxyl groups excluding tert-OH is 1. The third kappa shape index (κ3) is 6.59. The Labute approximate surface area is 147 Å². The molecule has 1 fully saturated rings. The Bertz CT molecular complexity index is 319. The van der Waals surface area contributed by atoms with E-state index in [0.29, 0.717) is 19.1 Å². The first kappa shape index (κ1) is 24.2. The van der Waals surface area contributed by atoms with Crippen LogP contribution in [0.5, 0.6) is 0 Å². The second-order valence-corrected chi connectivity index (χ2v) is 6.10. The van der Waals surface area contributed by atoms with Crippen molar-refractivity contribution < 1.29 is 9.90 Å². The number of aliphatic hydroxyl groups is 1. The summed E-state index contributed by atoms with van der Waals surface area (Å²) >= 11 is 0. The molecule has 3 N–H and O–H groups in total. The molecule has 0 aliphatic carbocycles. The van der Waals surface area contributed by atoms with Gasteiger partial charge in [-0.2, -0.15) is 0 Å². The van der Waals surface area contributed by atoms with Crippen LogP contribution < -0.4 is 5.73 Å². The summed E-state index contributed by atoms with van der Waals surface area (Å²) in [6.45, 7) is 11.0. The van der Waals surface area contributed by atoms with Gasteiger partial charge in [0.05, 0.1) is 12.1 Å². The summed E-state index contributed by atoms with van der Waals surface area (Å²) in [5.74, 6) is 0.299. The summed E-state index contributed by atoms with van der Waals surface area (Å²) in [5.41, 5.74) is 6.06. The van der Waals surface area contributed by atoms with Gasteiger partial charge in [0.15, 0.2) is 0 Å². The van der Waals surface area contributed by atoms with E-state index in [0.717, 1.165) is 25.9 Å². The fourth-order valence-corrected chi connectivity index (χ4v) is 2.77. The lowest BCUT2D eigenvalue weighted by molar-refractivity contribution is -0.137. The Hall–Kier alpha value is -0.0700. The van der Waals surface area contributed by atoms with Crippen molar-refractivity contribution in [1.29, 1.82) is 0 Å². The second-order valence-electron chi connectivity index (χ2n) is 6.10. The van der Waals surface area contributed by atoms with E-state index in [2.05, 4.69) is 18.7 Å². The van der Waals surface area contributed by atoms with Crippen molar-refractivity contribution in [3.63, 3.8) is 0 Å². The second kappa shape index (κ2) is 11.5. The maximum absolute atomic E-state index is 12.4. The van der Waals surface area contributed by atoms with Crippen molar-refractivity contribution in [2.75, 3.05) is 26.2 Å². The summed E-state index contributed by atoms with van der Waals surface area (Å²) in [6.07, 6.45) is 1.58. The third-order valence-electron chi connectivity index (χ3n) is 4.43. The standard InChI is InChI=1S/C15H31N3O2.2ClH/c1-5-11(3)14(16)15(20)18-8-7-17(9-12(4)19)13(6-2)10-18;;/h11-14,19H,5-10,16H2,1-4H3;2*1H. The van der Waals surface area contributed by atoms with Crippen molar-refractivity contribution in [2.45, 2.75) is 58.7 Å². The number of β-amino-alcohol motifs (C(OH)–C–C–N with tert-alkyl or cyclic N) is 1. The molecular weight excluding hydrogens is 325 g/mol. The molecule has 4 unspecified atom stereocenters. The van der Waals surface area contributed by atoms with E-state index in [1.807, 2.05) is 18.7 Å². The Morgan fingerprint density at radius 2 is 1.86 bits per heavy atom. The van der Waals surface area contributed by atoms with Gasteiger partial charge in [-0.1, -0.05) is 27.2 Å². The van der Waals surface area contributed by atoms with Crippen LogP contribution in [-0.2, 0) is 4.79 Å². The van der Waals surface area contributed by atoms with Crippen LogP contribution in [0.2, 0.25) is 0 Å². The SMILES string of the molecule is CCC(C)C(N)C(=O)N1CCN(CC(C)O)C(CC)C1.Cl.Cl. The molecule has 1 amide bonds. The van der Waals surface area contributed by atoms with Crippen molar-refractivity contribution in [3.05, 3.63) is 0 Å². The Morgan fingerprint density at radius 3 is 2.32 bits per heavy atom. The number of hydrogen-bond acceptors (Lipinski definition) is 4. The predicted molar refractivity (Wildman–Crippen MR) is 95.8 cm³/mol. The molecule has 4 atom stereocenters. The lowest BCUT2D eigenvalue weighted by atomic mass is 9.98. The van der Waals surface area contributed by atoms with E-state index in [9.17, 15) is 9.90 Å². The highest BCUT2D eigenvalue weighted by molar-refractivity contribution is 5.85. The first-order valence-corrected chi connectivity index (χ1v) is 7.87. The fraction of sp³-hybridized carbons (Fsp3) is 0.933. The lowest BCUT2D eigenvalue weighted by Gasteiger charge is -2.42. The van der Waals surface area contributed by atoms with Crippen molar-refractivity contribution >= 4 is 30.7 Å². The zero-order valence-corrected chi connectivity index (χ0v) is 15.8. The molecule has 1 rings (SSSR count). The summed E-state index contributed by atoms with van der Waals surface area (Å²) in [7, 11) is 0. The molecule has 5 nitrogen and oxygen atoms in total. The zero-order chi connectivity index (χ0) is 15.3. The van der Waals surface area contributed by atoms with Crippen molar-refractivity contribution in [1.82, 2.24) is 9.80 Å². The van der Waals surface area contributed by atoms with Crippen LogP contribution in [0.15, 0.2) is 0 Å². The molecule has 0 bridgehead atoms. The minimum atomic E-state index is -0.388. The first-order chi connectivity index (χ1) is 9.40. The number of carbonyl (C=O) groups is 1. The van der Waals surface area contributed by atoms with Crippen LogP contribution in [0, 0.1) is 5.92 Å². The van der Waals surface area contributed by atoms with Gasteiger partial charge in [0.1, 0.15) is 0 Å². The summed E-state index contributed by atoms with van der Waals surface area (Å²) in [4.78, 5) is 16.6. The number of amides is 1. The van der Waals surface area contributed by atoms with Gasteiger partial charge in [0.25, 0.3) is 0 Å². The van der Waals surface area contributed by atoms with Gasteiger partial charge >= 0.3 is 0 Å². The van der Waals surface area contributed by atoms with Crippen LogP contribution in [0.1, 0.15) is 40.5 Å². The van der Waals surface area contributed by atoms with E-state index >= 15 is 0 Å². The molecule has 1 saturated heterocycles. The average Bonchev–Trinajstić information content (AvgIpc) is 2.44. The molecule has 0 aromatic rings. The minimum absolute atomic E-state index is 0. The Balaban J connectivity index is 0. The number of nitrogens with two attached hydrogens (primary N) is 1. The largest absolute Gasteiger partial charge is 0.392 e. The monoisotopic (exact) mass is 357 g/mol. The highest BCUT2D eigenvalue weighted by Gasteiger charge is 2.32. The number of piperazine rings is 1. The quantitative estimate of drug-likeness (QED) is 0.755. The van der Waals surface area contributed by atoms with Gasteiger partial charge < -0.3 is 15.7 Å². The molecule has 1 heterocycles. The Morgan fingerprint density at radius 1 is 1.27 bits per heavy atom. The molecule has 0 aromatic carbocycles. The maximum Gasteiger partial charge on any atom is 0.239 e. The van der Waals surface area contributed by atoms with Crippen LogP contribution in [0.4, 0.5) is 0 Å². The number of halogens is 2. The molecule has 1 aliphatic heterocycles. The topological polar surface area (TPSA) is 69.8 Å². The van der Waals surface area contributed by atoms with Gasteiger partial charge in [-0.25, -0.2) is 0 Å². The average molecular weight is 358 g/mol.